The van der Waals surface area contributed by atoms with Gasteiger partial charge >= 0.3 is 0 Å². The van der Waals surface area contributed by atoms with E-state index in [1.165, 1.54) is 7.11 Å². The van der Waals surface area contributed by atoms with Gasteiger partial charge in [-0.1, -0.05) is 6.07 Å². The average molecular weight is 207 g/mol. The second-order valence-corrected chi connectivity index (χ2v) is 5.02. The van der Waals surface area contributed by atoms with E-state index in [4.69, 9.17) is 10.5 Å². The average Bonchev–Trinajstić information content (AvgIpc) is 2.11. The molecular weight excluding hydrogens is 193 g/mol. The lowest BCUT2D eigenvalue weighted by atomic mass is 9.38. The summed E-state index contributed by atoms with van der Waals surface area (Å²) in [4.78, 5) is 0. The van der Waals surface area contributed by atoms with Gasteiger partial charge in [0.2, 0.25) is 0 Å². The fraction of sp³-hybridized carbons (Fsp3) is 0.500. The van der Waals surface area contributed by atoms with E-state index in [9.17, 15) is 4.39 Å². The molecule has 15 heavy (non-hydrogen) atoms. The molecule has 0 atom stereocenters. The second-order valence-electron chi connectivity index (χ2n) is 5.02. The van der Waals surface area contributed by atoms with Crippen LogP contribution in [0.2, 0.25) is 0 Å². The Morgan fingerprint density at radius 3 is 2.47 bits per heavy atom. The number of hydrogen-bond acceptors (Lipinski definition) is 2. The molecule has 0 heterocycles. The molecule has 2 nitrogen and oxygen atoms in total. The lowest BCUT2D eigenvalue weighted by Gasteiger charge is -2.69. The van der Waals surface area contributed by atoms with Crippen LogP contribution in [0.5, 0.6) is 5.75 Å². The molecule has 3 fully saturated rings. The Labute approximate surface area is 88.2 Å². The minimum atomic E-state index is -0.272. The standard InChI is InChI=1S/C12H14FNO/c1-15-10-3-2-8(4-9(10)13)11-5-12(14,6-11)7-11/h2-4H,5-7,14H2,1H3. The summed E-state index contributed by atoms with van der Waals surface area (Å²) in [6, 6.07) is 5.26. The lowest BCUT2D eigenvalue weighted by molar-refractivity contribution is -0.0592. The Kier molecular flexibility index (Phi) is 1.54. The highest BCUT2D eigenvalue weighted by molar-refractivity contribution is 5.43. The molecule has 4 rings (SSSR count). The topological polar surface area (TPSA) is 35.2 Å². The molecule has 0 spiro atoms. The van der Waals surface area contributed by atoms with Gasteiger partial charge in [-0.15, -0.1) is 0 Å². The molecule has 0 amide bonds. The predicted molar refractivity (Wildman–Crippen MR) is 55.4 cm³/mol. The third-order valence-corrected chi connectivity index (χ3v) is 3.84. The molecular formula is C12H14FNO. The largest absolute Gasteiger partial charge is 0.494 e. The number of benzene rings is 1. The van der Waals surface area contributed by atoms with Gasteiger partial charge in [-0.25, -0.2) is 4.39 Å². The Morgan fingerprint density at radius 1 is 1.33 bits per heavy atom. The van der Waals surface area contributed by atoms with E-state index in [2.05, 4.69) is 0 Å². The van der Waals surface area contributed by atoms with Crippen LogP contribution in [0.4, 0.5) is 4.39 Å². The van der Waals surface area contributed by atoms with E-state index in [0.29, 0.717) is 5.75 Å². The first-order chi connectivity index (χ1) is 7.07. The molecule has 1 aromatic rings. The molecule has 0 aliphatic heterocycles. The SMILES string of the molecule is COc1ccc(C23CC(N)(C2)C3)cc1F. The quantitative estimate of drug-likeness (QED) is 0.804. The van der Waals surface area contributed by atoms with Crippen molar-refractivity contribution in [1.82, 2.24) is 0 Å². The molecule has 0 unspecified atom stereocenters. The zero-order valence-corrected chi connectivity index (χ0v) is 8.72. The molecule has 2 bridgehead atoms. The van der Waals surface area contributed by atoms with E-state index in [-0.39, 0.29) is 16.8 Å². The molecule has 3 aliphatic rings. The van der Waals surface area contributed by atoms with Crippen LogP contribution in [-0.4, -0.2) is 12.6 Å². The number of halogens is 1. The zero-order chi connectivity index (χ0) is 10.7. The number of ether oxygens (including phenoxy) is 1. The van der Waals surface area contributed by atoms with Gasteiger partial charge in [0.25, 0.3) is 0 Å². The Bertz CT molecular complexity index is 410. The molecule has 3 saturated carbocycles. The van der Waals surface area contributed by atoms with Crippen LogP contribution in [0.25, 0.3) is 0 Å². The fourth-order valence-electron chi connectivity index (χ4n) is 3.17. The van der Waals surface area contributed by atoms with Crippen LogP contribution in [0.15, 0.2) is 18.2 Å². The fourth-order valence-corrected chi connectivity index (χ4v) is 3.17. The van der Waals surface area contributed by atoms with Gasteiger partial charge in [0.1, 0.15) is 0 Å². The summed E-state index contributed by atoms with van der Waals surface area (Å²) in [6.07, 6.45) is 3.02. The van der Waals surface area contributed by atoms with Crippen molar-refractivity contribution in [1.29, 1.82) is 0 Å². The van der Waals surface area contributed by atoms with E-state index in [0.717, 1.165) is 24.8 Å². The summed E-state index contributed by atoms with van der Waals surface area (Å²) < 4.78 is 18.4. The van der Waals surface area contributed by atoms with Gasteiger partial charge < -0.3 is 10.5 Å². The number of rotatable bonds is 2. The Balaban J connectivity index is 1.91. The molecule has 0 aromatic heterocycles. The third kappa shape index (κ3) is 1.07. The molecule has 0 saturated heterocycles. The summed E-state index contributed by atoms with van der Waals surface area (Å²) in [5, 5.41) is 0. The molecule has 80 valence electrons. The number of methoxy groups -OCH3 is 1. The molecule has 2 N–H and O–H groups in total. The van der Waals surface area contributed by atoms with Gasteiger partial charge in [0.15, 0.2) is 11.6 Å². The van der Waals surface area contributed by atoms with Gasteiger partial charge in [-0.2, -0.15) is 0 Å². The second kappa shape index (κ2) is 2.53. The van der Waals surface area contributed by atoms with Gasteiger partial charge in [-0.05, 0) is 37.0 Å². The van der Waals surface area contributed by atoms with Gasteiger partial charge in [0, 0.05) is 11.0 Å². The van der Waals surface area contributed by atoms with Crippen LogP contribution < -0.4 is 10.5 Å². The Hall–Kier alpha value is -1.09. The van der Waals surface area contributed by atoms with Crippen LogP contribution in [-0.2, 0) is 5.41 Å². The maximum atomic E-state index is 13.5. The van der Waals surface area contributed by atoms with E-state index < -0.39 is 0 Å². The van der Waals surface area contributed by atoms with E-state index >= 15 is 0 Å². The van der Waals surface area contributed by atoms with Crippen molar-refractivity contribution in [2.45, 2.75) is 30.2 Å². The number of hydrogen-bond donors (Lipinski definition) is 1. The maximum Gasteiger partial charge on any atom is 0.165 e. The first kappa shape index (κ1) is 9.16. The Morgan fingerprint density at radius 2 is 2.00 bits per heavy atom. The highest BCUT2D eigenvalue weighted by Crippen LogP contribution is 2.66. The van der Waals surface area contributed by atoms with Crippen molar-refractivity contribution >= 4 is 0 Å². The lowest BCUT2D eigenvalue weighted by Crippen LogP contribution is -2.74. The molecule has 3 heteroatoms. The van der Waals surface area contributed by atoms with Crippen molar-refractivity contribution in [3.8, 4) is 5.75 Å². The van der Waals surface area contributed by atoms with Crippen molar-refractivity contribution in [3.63, 3.8) is 0 Å². The molecule has 0 radical (unpaired) electrons. The smallest absolute Gasteiger partial charge is 0.165 e. The highest BCUT2D eigenvalue weighted by atomic mass is 19.1. The molecule has 3 aliphatic carbocycles. The van der Waals surface area contributed by atoms with Crippen molar-refractivity contribution in [2.75, 3.05) is 7.11 Å². The summed E-state index contributed by atoms with van der Waals surface area (Å²) in [6.45, 7) is 0. The first-order valence-electron chi connectivity index (χ1n) is 5.20. The predicted octanol–water partition coefficient (Wildman–Crippen LogP) is 1.97. The normalized spacial score (nSPS) is 36.7. The van der Waals surface area contributed by atoms with Crippen molar-refractivity contribution in [3.05, 3.63) is 29.6 Å². The van der Waals surface area contributed by atoms with Crippen molar-refractivity contribution in [2.24, 2.45) is 5.73 Å². The summed E-state index contributed by atoms with van der Waals surface area (Å²) >= 11 is 0. The maximum absolute atomic E-state index is 13.5. The molecule has 1 aromatic carbocycles. The summed E-state index contributed by atoms with van der Waals surface area (Å²) in [5.74, 6) is 0.0404. The van der Waals surface area contributed by atoms with Crippen LogP contribution in [0.3, 0.4) is 0 Å². The van der Waals surface area contributed by atoms with E-state index in [1.807, 2.05) is 6.07 Å². The zero-order valence-electron chi connectivity index (χ0n) is 8.72. The van der Waals surface area contributed by atoms with Crippen LogP contribution in [0, 0.1) is 5.82 Å². The van der Waals surface area contributed by atoms with Crippen LogP contribution >= 0.6 is 0 Å². The first-order valence-corrected chi connectivity index (χ1v) is 5.20. The van der Waals surface area contributed by atoms with Crippen LogP contribution in [0.1, 0.15) is 24.8 Å². The van der Waals surface area contributed by atoms with Crippen molar-refractivity contribution < 1.29 is 9.13 Å². The van der Waals surface area contributed by atoms with E-state index in [1.54, 1.807) is 12.1 Å². The monoisotopic (exact) mass is 207 g/mol. The minimum absolute atomic E-state index is 0.0659. The van der Waals surface area contributed by atoms with Gasteiger partial charge in [0.05, 0.1) is 7.11 Å². The van der Waals surface area contributed by atoms with Gasteiger partial charge in [-0.3, -0.25) is 0 Å². The number of nitrogens with two attached hydrogens (primary N) is 1. The highest BCUT2D eigenvalue weighted by Gasteiger charge is 2.66. The summed E-state index contributed by atoms with van der Waals surface area (Å²) in [7, 11) is 1.48. The third-order valence-electron chi connectivity index (χ3n) is 3.84. The minimum Gasteiger partial charge on any atom is -0.494 e. The summed E-state index contributed by atoms with van der Waals surface area (Å²) in [5.41, 5.74) is 7.31.